The molecule has 1 radical (unpaired) electrons. The van der Waals surface area contributed by atoms with E-state index in [1.165, 1.54) is 0 Å². The van der Waals surface area contributed by atoms with E-state index in [1.54, 1.807) is 0 Å². The van der Waals surface area contributed by atoms with E-state index in [2.05, 4.69) is 13.8 Å². The lowest BCUT2D eigenvalue weighted by molar-refractivity contribution is -0.244. The van der Waals surface area contributed by atoms with Crippen LogP contribution in [0, 0.1) is 17.8 Å². The van der Waals surface area contributed by atoms with Gasteiger partial charge in [0.15, 0.2) is 0 Å². The number of aliphatic hydroxyl groups is 2. The van der Waals surface area contributed by atoms with Gasteiger partial charge in [-0.15, -0.1) is 0 Å². The first-order chi connectivity index (χ1) is 6.24. The molecular formula is C12H19O2. The first-order valence-electron chi connectivity index (χ1n) is 5.54. The fourth-order valence-electron chi connectivity index (χ4n) is 5.25. The van der Waals surface area contributed by atoms with Gasteiger partial charge in [0.25, 0.3) is 0 Å². The van der Waals surface area contributed by atoms with E-state index in [9.17, 15) is 10.2 Å². The van der Waals surface area contributed by atoms with Crippen LogP contribution in [-0.2, 0) is 0 Å². The molecule has 0 aromatic carbocycles. The van der Waals surface area contributed by atoms with Crippen LogP contribution in [0.3, 0.4) is 0 Å². The van der Waals surface area contributed by atoms with Crippen molar-refractivity contribution in [2.24, 2.45) is 10.8 Å². The predicted molar refractivity (Wildman–Crippen MR) is 53.5 cm³/mol. The van der Waals surface area contributed by atoms with Crippen LogP contribution in [0.5, 0.6) is 0 Å². The zero-order chi connectivity index (χ0) is 10.2. The van der Waals surface area contributed by atoms with Gasteiger partial charge in [-0.1, -0.05) is 6.92 Å². The standard InChI is InChI=1S/C12H19O2/c1-9-3-10(2)6-11(13,4-9)8-12(14,5-9)7-10/h13-14H,1,3-8H2,2H3. The van der Waals surface area contributed by atoms with E-state index in [1.807, 2.05) is 0 Å². The summed E-state index contributed by atoms with van der Waals surface area (Å²) in [5.74, 6) is 0. The van der Waals surface area contributed by atoms with Crippen molar-refractivity contribution in [2.75, 3.05) is 0 Å². The maximum absolute atomic E-state index is 10.4. The molecule has 2 N–H and O–H groups in total. The van der Waals surface area contributed by atoms with E-state index in [4.69, 9.17) is 0 Å². The van der Waals surface area contributed by atoms with Crippen LogP contribution in [0.25, 0.3) is 0 Å². The van der Waals surface area contributed by atoms with Crippen LogP contribution < -0.4 is 0 Å². The maximum Gasteiger partial charge on any atom is 0.0685 e. The average Bonchev–Trinajstić information content (AvgIpc) is 1.67. The zero-order valence-electron chi connectivity index (χ0n) is 8.84. The lowest BCUT2D eigenvalue weighted by atomic mass is 9.42. The highest BCUT2D eigenvalue weighted by Crippen LogP contribution is 2.67. The van der Waals surface area contributed by atoms with Crippen molar-refractivity contribution in [2.45, 2.75) is 56.7 Å². The van der Waals surface area contributed by atoms with Crippen LogP contribution in [0.2, 0.25) is 0 Å². The van der Waals surface area contributed by atoms with Gasteiger partial charge in [-0.3, -0.25) is 0 Å². The molecular weight excluding hydrogens is 176 g/mol. The van der Waals surface area contributed by atoms with E-state index in [0.717, 1.165) is 32.1 Å². The summed E-state index contributed by atoms with van der Waals surface area (Å²) in [5, 5.41) is 20.8. The second kappa shape index (κ2) is 2.05. The van der Waals surface area contributed by atoms with E-state index < -0.39 is 11.2 Å². The Balaban J connectivity index is 2.08. The Morgan fingerprint density at radius 3 is 1.71 bits per heavy atom. The summed E-state index contributed by atoms with van der Waals surface area (Å²) >= 11 is 0. The highest BCUT2D eigenvalue weighted by molar-refractivity contribution is 5.18. The molecule has 2 heteroatoms. The van der Waals surface area contributed by atoms with Gasteiger partial charge in [-0.25, -0.2) is 0 Å². The minimum atomic E-state index is -0.625. The highest BCUT2D eigenvalue weighted by Gasteiger charge is 2.64. The zero-order valence-corrected chi connectivity index (χ0v) is 8.84. The van der Waals surface area contributed by atoms with E-state index in [-0.39, 0.29) is 10.8 Å². The van der Waals surface area contributed by atoms with Crippen molar-refractivity contribution < 1.29 is 10.2 Å². The molecule has 2 atom stereocenters. The molecule has 4 fully saturated rings. The third kappa shape index (κ3) is 1.10. The quantitative estimate of drug-likeness (QED) is 0.617. The van der Waals surface area contributed by atoms with Gasteiger partial charge in [0.05, 0.1) is 11.2 Å². The Hall–Kier alpha value is -0.0800. The molecule has 0 aliphatic heterocycles. The van der Waals surface area contributed by atoms with Crippen LogP contribution >= 0.6 is 0 Å². The first-order valence-corrected chi connectivity index (χ1v) is 5.54. The summed E-state index contributed by atoms with van der Waals surface area (Å²) in [6.07, 6.45) is 4.95. The minimum absolute atomic E-state index is 0.0625. The monoisotopic (exact) mass is 195 g/mol. The Labute approximate surface area is 85.3 Å². The molecule has 0 aromatic heterocycles. The summed E-state index contributed by atoms with van der Waals surface area (Å²) < 4.78 is 0. The fraction of sp³-hybridized carbons (Fsp3) is 0.917. The van der Waals surface area contributed by atoms with Gasteiger partial charge >= 0.3 is 0 Å². The molecule has 0 aromatic rings. The van der Waals surface area contributed by atoms with Crippen LogP contribution in [0.4, 0.5) is 0 Å². The predicted octanol–water partition coefficient (Wildman–Crippen LogP) is 1.66. The summed E-state index contributed by atoms with van der Waals surface area (Å²) in [7, 11) is 0. The number of hydrogen-bond donors (Lipinski definition) is 2. The molecule has 4 aliphatic carbocycles. The highest BCUT2D eigenvalue weighted by atomic mass is 16.3. The normalized spacial score (nSPS) is 66.0. The topological polar surface area (TPSA) is 40.5 Å². The molecule has 4 aliphatic rings. The van der Waals surface area contributed by atoms with Crippen LogP contribution in [0.15, 0.2) is 0 Å². The second-order valence-electron chi connectivity index (χ2n) is 6.82. The van der Waals surface area contributed by atoms with Gasteiger partial charge in [0, 0.05) is 6.42 Å². The van der Waals surface area contributed by atoms with Gasteiger partial charge in [0.1, 0.15) is 0 Å². The van der Waals surface area contributed by atoms with Crippen LogP contribution in [-0.4, -0.2) is 21.4 Å². The molecule has 4 bridgehead atoms. The van der Waals surface area contributed by atoms with Gasteiger partial charge < -0.3 is 10.2 Å². The molecule has 2 nitrogen and oxygen atoms in total. The van der Waals surface area contributed by atoms with Crippen molar-refractivity contribution in [3.8, 4) is 0 Å². The summed E-state index contributed by atoms with van der Waals surface area (Å²) in [6.45, 7) is 6.44. The van der Waals surface area contributed by atoms with Crippen molar-refractivity contribution in [3.63, 3.8) is 0 Å². The molecule has 4 saturated carbocycles. The van der Waals surface area contributed by atoms with E-state index in [0.29, 0.717) is 6.42 Å². The molecule has 0 spiro atoms. The van der Waals surface area contributed by atoms with Crippen molar-refractivity contribution >= 4 is 0 Å². The molecule has 2 unspecified atom stereocenters. The molecule has 0 amide bonds. The average molecular weight is 195 g/mol. The smallest absolute Gasteiger partial charge is 0.0685 e. The third-order valence-electron chi connectivity index (χ3n) is 4.38. The Kier molecular flexibility index (Phi) is 1.34. The Bertz CT molecular complexity index is 201. The van der Waals surface area contributed by atoms with Crippen LogP contribution in [0.1, 0.15) is 45.4 Å². The summed E-state index contributed by atoms with van der Waals surface area (Å²) in [5.41, 5.74) is -1.19. The molecule has 0 heterocycles. The third-order valence-corrected chi connectivity index (χ3v) is 4.38. The summed E-state index contributed by atoms with van der Waals surface area (Å²) in [6, 6.07) is 0. The van der Waals surface area contributed by atoms with E-state index >= 15 is 0 Å². The molecule has 4 rings (SSSR count). The number of hydrogen-bond acceptors (Lipinski definition) is 2. The Morgan fingerprint density at radius 1 is 0.857 bits per heavy atom. The lowest BCUT2D eigenvalue weighted by Crippen LogP contribution is -2.65. The van der Waals surface area contributed by atoms with Crippen molar-refractivity contribution in [1.82, 2.24) is 0 Å². The summed E-state index contributed by atoms with van der Waals surface area (Å²) in [4.78, 5) is 0. The van der Waals surface area contributed by atoms with Gasteiger partial charge in [-0.2, -0.15) is 0 Å². The fourth-order valence-corrected chi connectivity index (χ4v) is 5.25. The van der Waals surface area contributed by atoms with Crippen molar-refractivity contribution in [3.05, 3.63) is 6.92 Å². The first kappa shape index (κ1) is 9.17. The maximum atomic E-state index is 10.4. The second-order valence-corrected chi connectivity index (χ2v) is 6.82. The lowest BCUT2D eigenvalue weighted by Gasteiger charge is -2.66. The largest absolute Gasteiger partial charge is 0.390 e. The molecule has 79 valence electrons. The molecule has 0 saturated heterocycles. The van der Waals surface area contributed by atoms with Gasteiger partial charge in [-0.05, 0) is 49.9 Å². The molecule has 14 heavy (non-hydrogen) atoms. The number of rotatable bonds is 0. The minimum Gasteiger partial charge on any atom is -0.390 e. The SMILES string of the molecule is [CH2]C12CC3(C)CC(O)(C1)CC(O)(C2)C3. The Morgan fingerprint density at radius 2 is 1.36 bits per heavy atom. The van der Waals surface area contributed by atoms with Gasteiger partial charge in [0.2, 0.25) is 0 Å². The van der Waals surface area contributed by atoms with Crippen molar-refractivity contribution in [1.29, 1.82) is 0 Å².